The van der Waals surface area contributed by atoms with Crippen LogP contribution in [0.1, 0.15) is 38.2 Å². The molecule has 1 spiro atoms. The van der Waals surface area contributed by atoms with Crippen molar-refractivity contribution in [3.05, 3.63) is 35.9 Å². The molecule has 3 rings (SSSR count). The molecular weight excluding hydrogens is 348 g/mol. The quantitative estimate of drug-likeness (QED) is 0.696. The second-order valence-electron chi connectivity index (χ2n) is 7.16. The zero-order valence-electron chi connectivity index (χ0n) is 15.3. The molecule has 1 heterocycles. The van der Waals surface area contributed by atoms with E-state index in [0.29, 0.717) is 6.42 Å². The number of hydrogen-bond acceptors (Lipinski definition) is 4. The average Bonchev–Trinajstić information content (AvgIpc) is 2.88. The number of rotatable bonds is 4. The molecule has 3 N–H and O–H groups in total. The molecule has 1 saturated carbocycles. The number of carbonyl (C=O) groups excluding carboxylic acids is 4. The molecule has 1 saturated heterocycles. The summed E-state index contributed by atoms with van der Waals surface area (Å²) in [6, 6.07) is 8.01. The first kappa shape index (κ1) is 18.9. The minimum Gasteiger partial charge on any atom is -0.334 e. The van der Waals surface area contributed by atoms with Crippen LogP contribution in [-0.2, 0) is 16.1 Å². The SMILES string of the molecule is C[C@@H]1CCCC[C@]12NC(=O)N(CC(=O)NC(=O)NCc1ccccc1)C2=O. The molecular formula is C19H24N4O4. The van der Waals surface area contributed by atoms with E-state index in [4.69, 9.17) is 0 Å². The molecule has 2 atom stereocenters. The van der Waals surface area contributed by atoms with E-state index in [1.165, 1.54) is 0 Å². The molecule has 6 amide bonds. The van der Waals surface area contributed by atoms with Gasteiger partial charge in [0.15, 0.2) is 0 Å². The molecule has 1 aliphatic carbocycles. The summed E-state index contributed by atoms with van der Waals surface area (Å²) in [6.45, 7) is 1.74. The predicted octanol–water partition coefficient (Wildman–Crippen LogP) is 1.51. The lowest BCUT2D eigenvalue weighted by Gasteiger charge is -2.36. The maximum atomic E-state index is 12.8. The highest BCUT2D eigenvalue weighted by Gasteiger charge is 2.55. The zero-order valence-corrected chi connectivity index (χ0v) is 15.3. The highest BCUT2D eigenvalue weighted by molar-refractivity contribution is 6.10. The number of urea groups is 2. The Labute approximate surface area is 157 Å². The number of nitrogens with one attached hydrogen (secondary N) is 3. The first-order valence-corrected chi connectivity index (χ1v) is 9.18. The van der Waals surface area contributed by atoms with Crippen LogP contribution in [0.2, 0.25) is 0 Å². The molecule has 0 unspecified atom stereocenters. The van der Waals surface area contributed by atoms with Crippen LogP contribution in [0.5, 0.6) is 0 Å². The van der Waals surface area contributed by atoms with Crippen molar-refractivity contribution in [2.45, 2.75) is 44.7 Å². The van der Waals surface area contributed by atoms with Gasteiger partial charge in [0.1, 0.15) is 12.1 Å². The summed E-state index contributed by atoms with van der Waals surface area (Å²) in [5.41, 5.74) is -0.0204. The summed E-state index contributed by atoms with van der Waals surface area (Å²) in [6.07, 6.45) is 3.31. The zero-order chi connectivity index (χ0) is 19.4. The molecule has 8 nitrogen and oxygen atoms in total. The Morgan fingerprint density at radius 2 is 1.96 bits per heavy atom. The van der Waals surface area contributed by atoms with Crippen LogP contribution in [0.4, 0.5) is 9.59 Å². The van der Waals surface area contributed by atoms with Gasteiger partial charge in [0.05, 0.1) is 0 Å². The number of nitrogens with zero attached hydrogens (tertiary/aromatic N) is 1. The van der Waals surface area contributed by atoms with Crippen LogP contribution in [0.25, 0.3) is 0 Å². The lowest BCUT2D eigenvalue weighted by atomic mass is 9.73. The molecule has 2 fully saturated rings. The van der Waals surface area contributed by atoms with Gasteiger partial charge >= 0.3 is 12.1 Å². The Kier molecular flexibility index (Phi) is 5.43. The first-order valence-electron chi connectivity index (χ1n) is 9.18. The number of hydrogen-bond donors (Lipinski definition) is 3. The van der Waals surface area contributed by atoms with Crippen molar-refractivity contribution in [1.82, 2.24) is 20.9 Å². The number of carbonyl (C=O) groups is 4. The summed E-state index contributed by atoms with van der Waals surface area (Å²) in [5.74, 6) is -1.06. The molecule has 0 bridgehead atoms. The third-order valence-electron chi connectivity index (χ3n) is 5.35. The van der Waals surface area contributed by atoms with Crippen LogP contribution in [0.15, 0.2) is 30.3 Å². The Balaban J connectivity index is 1.53. The average molecular weight is 372 g/mol. The highest BCUT2D eigenvalue weighted by atomic mass is 16.2. The minimum absolute atomic E-state index is 0.0185. The smallest absolute Gasteiger partial charge is 0.325 e. The van der Waals surface area contributed by atoms with Gasteiger partial charge in [0.2, 0.25) is 5.91 Å². The first-order chi connectivity index (χ1) is 12.9. The summed E-state index contributed by atoms with van der Waals surface area (Å²) >= 11 is 0. The van der Waals surface area contributed by atoms with Gasteiger partial charge < -0.3 is 10.6 Å². The molecule has 0 radical (unpaired) electrons. The molecule has 144 valence electrons. The van der Waals surface area contributed by atoms with Gasteiger partial charge in [-0.25, -0.2) is 9.59 Å². The standard InChI is InChI=1S/C19H24N4O4/c1-13-7-5-6-10-19(13)16(25)23(18(27)22-19)12-15(24)21-17(26)20-11-14-8-3-2-4-9-14/h2-4,8-9,13H,5-7,10-12H2,1H3,(H,22,27)(H2,20,21,24,26)/t13-,19+/m1/s1. The molecule has 0 aromatic heterocycles. The molecule has 2 aliphatic rings. The van der Waals surface area contributed by atoms with Crippen LogP contribution in [0, 0.1) is 5.92 Å². The second-order valence-corrected chi connectivity index (χ2v) is 7.16. The normalized spacial score (nSPS) is 24.6. The number of benzene rings is 1. The van der Waals surface area contributed by atoms with Gasteiger partial charge in [-0.1, -0.05) is 50.1 Å². The topological polar surface area (TPSA) is 108 Å². The summed E-state index contributed by atoms with van der Waals surface area (Å²) in [5, 5.41) is 7.51. The lowest BCUT2D eigenvalue weighted by molar-refractivity contribution is -0.137. The fraction of sp³-hybridized carbons (Fsp3) is 0.474. The van der Waals surface area contributed by atoms with Crippen molar-refractivity contribution < 1.29 is 19.2 Å². The Bertz CT molecular complexity index is 751. The maximum absolute atomic E-state index is 12.8. The van der Waals surface area contributed by atoms with Gasteiger partial charge in [0.25, 0.3) is 5.91 Å². The van der Waals surface area contributed by atoms with E-state index in [1.54, 1.807) is 0 Å². The van der Waals surface area contributed by atoms with E-state index in [-0.39, 0.29) is 18.4 Å². The predicted molar refractivity (Wildman–Crippen MR) is 97.4 cm³/mol. The van der Waals surface area contributed by atoms with E-state index in [2.05, 4.69) is 16.0 Å². The Morgan fingerprint density at radius 3 is 2.67 bits per heavy atom. The molecule has 1 aromatic carbocycles. The van der Waals surface area contributed by atoms with Gasteiger partial charge in [0, 0.05) is 6.54 Å². The van der Waals surface area contributed by atoms with Crippen molar-refractivity contribution in [1.29, 1.82) is 0 Å². The van der Waals surface area contributed by atoms with Gasteiger partial charge in [-0.05, 0) is 24.3 Å². The van der Waals surface area contributed by atoms with Gasteiger partial charge in [-0.3, -0.25) is 19.8 Å². The van der Waals surface area contributed by atoms with Crippen LogP contribution >= 0.6 is 0 Å². The van der Waals surface area contributed by atoms with Crippen LogP contribution < -0.4 is 16.0 Å². The minimum atomic E-state index is -0.912. The number of imide groups is 2. The summed E-state index contributed by atoms with van der Waals surface area (Å²) in [4.78, 5) is 49.9. The largest absolute Gasteiger partial charge is 0.334 e. The molecule has 27 heavy (non-hydrogen) atoms. The van der Waals surface area contributed by atoms with E-state index in [9.17, 15) is 19.2 Å². The third kappa shape index (κ3) is 3.94. The van der Waals surface area contributed by atoms with Crippen molar-refractivity contribution in [3.8, 4) is 0 Å². The number of amides is 6. The molecule has 1 aliphatic heterocycles. The van der Waals surface area contributed by atoms with E-state index < -0.39 is 30.1 Å². The molecule has 1 aromatic rings. The molecule has 8 heteroatoms. The van der Waals surface area contributed by atoms with Crippen molar-refractivity contribution >= 4 is 23.9 Å². The fourth-order valence-corrected chi connectivity index (χ4v) is 3.77. The van der Waals surface area contributed by atoms with Crippen LogP contribution in [-0.4, -0.2) is 40.9 Å². The van der Waals surface area contributed by atoms with Crippen molar-refractivity contribution in [2.24, 2.45) is 5.92 Å². The van der Waals surface area contributed by atoms with Crippen LogP contribution in [0.3, 0.4) is 0 Å². The lowest BCUT2D eigenvalue weighted by Crippen LogP contribution is -2.54. The summed E-state index contributed by atoms with van der Waals surface area (Å²) < 4.78 is 0. The fourth-order valence-electron chi connectivity index (χ4n) is 3.77. The van der Waals surface area contributed by atoms with E-state index >= 15 is 0 Å². The maximum Gasteiger partial charge on any atom is 0.325 e. The Morgan fingerprint density at radius 1 is 1.22 bits per heavy atom. The van der Waals surface area contributed by atoms with Crippen molar-refractivity contribution in [2.75, 3.05) is 6.54 Å². The Hall–Kier alpha value is -2.90. The van der Waals surface area contributed by atoms with Gasteiger partial charge in [-0.15, -0.1) is 0 Å². The van der Waals surface area contributed by atoms with E-state index in [1.807, 2.05) is 37.3 Å². The monoisotopic (exact) mass is 372 g/mol. The van der Waals surface area contributed by atoms with Crippen molar-refractivity contribution in [3.63, 3.8) is 0 Å². The third-order valence-corrected chi connectivity index (χ3v) is 5.35. The second kappa shape index (κ2) is 7.77. The van der Waals surface area contributed by atoms with Gasteiger partial charge in [-0.2, -0.15) is 0 Å². The van der Waals surface area contributed by atoms with E-state index in [0.717, 1.165) is 29.7 Å². The highest BCUT2D eigenvalue weighted by Crippen LogP contribution is 2.38. The summed E-state index contributed by atoms with van der Waals surface area (Å²) in [7, 11) is 0.